The highest BCUT2D eigenvalue weighted by Crippen LogP contribution is 2.33. The number of carbonyl (C=O) groups excluding carboxylic acids is 2. The van der Waals surface area contributed by atoms with Crippen molar-refractivity contribution in [1.29, 1.82) is 0 Å². The molecule has 3 aromatic carbocycles. The average molecular weight is 479 g/mol. The van der Waals surface area contributed by atoms with Crippen LogP contribution in [0.3, 0.4) is 0 Å². The Bertz CT molecular complexity index is 1200. The molecule has 0 bridgehead atoms. The number of halogens is 1. The molecule has 1 heterocycles. The van der Waals surface area contributed by atoms with Gasteiger partial charge >= 0.3 is 0 Å². The van der Waals surface area contributed by atoms with Crippen molar-refractivity contribution in [3.63, 3.8) is 0 Å². The maximum absolute atomic E-state index is 12.3. The van der Waals surface area contributed by atoms with E-state index in [-0.39, 0.29) is 18.4 Å². The van der Waals surface area contributed by atoms with Crippen LogP contribution < -0.4 is 15.4 Å². The van der Waals surface area contributed by atoms with Crippen LogP contribution in [-0.4, -0.2) is 18.4 Å². The second kappa shape index (κ2) is 9.49. The van der Waals surface area contributed by atoms with E-state index in [0.29, 0.717) is 29.3 Å². The Morgan fingerprint density at radius 3 is 2.52 bits per heavy atom. The van der Waals surface area contributed by atoms with Crippen LogP contribution in [0.15, 0.2) is 87.9 Å². The molecule has 0 fully saturated rings. The fraction of sp³-hybridized carbons (Fsp3) is 0.0833. The standard InChI is InChI=1S/C24H19BrN2O4/c25-23-20-6-2-1-4-16(20)9-12-21(23)31-15-22(28)27-18-10-7-17(8-11-18)24(29)26-14-19-5-3-13-30-19/h1-13H,14-15H2,(H,26,29)(H,27,28). The third kappa shape index (κ3) is 5.13. The number of carbonyl (C=O) groups is 2. The van der Waals surface area contributed by atoms with Crippen LogP contribution in [0.1, 0.15) is 16.1 Å². The molecule has 0 saturated carbocycles. The molecule has 4 rings (SSSR count). The zero-order chi connectivity index (χ0) is 21.6. The second-order valence-electron chi connectivity index (χ2n) is 6.78. The molecule has 4 aromatic rings. The number of hydrogen-bond donors (Lipinski definition) is 2. The Morgan fingerprint density at radius 2 is 1.74 bits per heavy atom. The fourth-order valence-electron chi connectivity index (χ4n) is 3.05. The zero-order valence-electron chi connectivity index (χ0n) is 16.4. The molecule has 6 nitrogen and oxygen atoms in total. The normalized spacial score (nSPS) is 10.6. The predicted molar refractivity (Wildman–Crippen MR) is 122 cm³/mol. The number of amides is 2. The molecule has 0 spiro atoms. The molecule has 2 N–H and O–H groups in total. The van der Waals surface area contributed by atoms with Crippen LogP contribution >= 0.6 is 15.9 Å². The Hall–Kier alpha value is -3.58. The number of fused-ring (bicyclic) bond motifs is 1. The molecule has 0 saturated heterocycles. The number of nitrogens with one attached hydrogen (secondary N) is 2. The first-order valence-corrected chi connectivity index (χ1v) is 10.4. The second-order valence-corrected chi connectivity index (χ2v) is 7.57. The highest BCUT2D eigenvalue weighted by atomic mass is 79.9. The smallest absolute Gasteiger partial charge is 0.262 e. The van der Waals surface area contributed by atoms with Crippen molar-refractivity contribution in [2.24, 2.45) is 0 Å². The van der Waals surface area contributed by atoms with Crippen molar-refractivity contribution < 1.29 is 18.7 Å². The Morgan fingerprint density at radius 1 is 0.935 bits per heavy atom. The molecule has 2 amide bonds. The molecule has 7 heteroatoms. The van der Waals surface area contributed by atoms with Crippen molar-refractivity contribution >= 4 is 44.2 Å². The van der Waals surface area contributed by atoms with Crippen LogP contribution in [0.4, 0.5) is 5.69 Å². The Kier molecular flexibility index (Phi) is 6.33. The summed E-state index contributed by atoms with van der Waals surface area (Å²) in [4.78, 5) is 24.5. The summed E-state index contributed by atoms with van der Waals surface area (Å²) in [6.45, 7) is 0.175. The monoisotopic (exact) mass is 478 g/mol. The summed E-state index contributed by atoms with van der Waals surface area (Å²) in [5.41, 5.74) is 1.06. The maximum Gasteiger partial charge on any atom is 0.262 e. The number of rotatable bonds is 7. The fourth-order valence-corrected chi connectivity index (χ4v) is 3.66. The lowest BCUT2D eigenvalue weighted by Gasteiger charge is -2.11. The van der Waals surface area contributed by atoms with Crippen LogP contribution in [0.25, 0.3) is 10.8 Å². The number of ether oxygens (including phenoxy) is 1. The third-order valence-corrected chi connectivity index (χ3v) is 5.44. The van der Waals surface area contributed by atoms with Gasteiger partial charge in [-0.1, -0.05) is 30.3 Å². The topological polar surface area (TPSA) is 80.6 Å². The van der Waals surface area contributed by atoms with Gasteiger partial charge in [0.25, 0.3) is 11.8 Å². The molecule has 0 unspecified atom stereocenters. The summed E-state index contributed by atoms with van der Waals surface area (Å²) in [5.74, 6) is 0.751. The predicted octanol–water partition coefficient (Wildman–Crippen LogP) is 5.14. The van der Waals surface area contributed by atoms with Crippen molar-refractivity contribution in [2.75, 3.05) is 11.9 Å². The van der Waals surface area contributed by atoms with Gasteiger partial charge in [0, 0.05) is 11.3 Å². The van der Waals surface area contributed by atoms with Gasteiger partial charge in [-0.25, -0.2) is 0 Å². The molecule has 0 radical (unpaired) electrons. The van der Waals surface area contributed by atoms with Gasteiger partial charge in [0.15, 0.2) is 6.61 Å². The average Bonchev–Trinajstić information content (AvgIpc) is 3.31. The van der Waals surface area contributed by atoms with Crippen LogP contribution in [0, 0.1) is 0 Å². The number of hydrogen-bond acceptors (Lipinski definition) is 4. The molecular weight excluding hydrogens is 460 g/mol. The van der Waals surface area contributed by atoms with E-state index in [2.05, 4.69) is 26.6 Å². The van der Waals surface area contributed by atoms with Gasteiger partial charge in [0.2, 0.25) is 0 Å². The summed E-state index contributed by atoms with van der Waals surface area (Å²) in [5, 5.41) is 7.63. The first-order valence-electron chi connectivity index (χ1n) is 9.61. The van der Waals surface area contributed by atoms with Gasteiger partial charge in [-0.2, -0.15) is 0 Å². The van der Waals surface area contributed by atoms with Crippen molar-refractivity contribution in [3.05, 3.63) is 94.9 Å². The lowest BCUT2D eigenvalue weighted by atomic mass is 10.1. The van der Waals surface area contributed by atoms with Gasteiger partial charge in [-0.15, -0.1) is 0 Å². The minimum atomic E-state index is -0.296. The highest BCUT2D eigenvalue weighted by molar-refractivity contribution is 9.10. The zero-order valence-corrected chi connectivity index (χ0v) is 18.0. The van der Waals surface area contributed by atoms with Gasteiger partial charge < -0.3 is 19.8 Å². The first kappa shape index (κ1) is 20.7. The molecule has 31 heavy (non-hydrogen) atoms. The van der Waals surface area contributed by atoms with Crippen LogP contribution in [-0.2, 0) is 11.3 Å². The molecule has 1 aromatic heterocycles. The van der Waals surface area contributed by atoms with Gasteiger partial charge in [-0.05, 0) is 69.2 Å². The van der Waals surface area contributed by atoms with E-state index in [9.17, 15) is 9.59 Å². The van der Waals surface area contributed by atoms with Crippen molar-refractivity contribution in [2.45, 2.75) is 6.54 Å². The largest absolute Gasteiger partial charge is 0.483 e. The molecule has 0 atom stereocenters. The summed E-state index contributed by atoms with van der Waals surface area (Å²) >= 11 is 3.55. The van der Waals surface area contributed by atoms with E-state index < -0.39 is 0 Å². The van der Waals surface area contributed by atoms with Gasteiger partial charge in [0.05, 0.1) is 17.3 Å². The van der Waals surface area contributed by atoms with Crippen molar-refractivity contribution in [3.8, 4) is 5.75 Å². The van der Waals surface area contributed by atoms with Crippen molar-refractivity contribution in [1.82, 2.24) is 5.32 Å². The third-order valence-electron chi connectivity index (χ3n) is 4.62. The van der Waals surface area contributed by atoms with E-state index in [1.807, 2.05) is 36.4 Å². The molecule has 156 valence electrons. The van der Waals surface area contributed by atoms with E-state index in [1.54, 1.807) is 42.7 Å². The highest BCUT2D eigenvalue weighted by Gasteiger charge is 2.10. The Balaban J connectivity index is 1.30. The van der Waals surface area contributed by atoms with E-state index >= 15 is 0 Å². The molecule has 0 aliphatic heterocycles. The van der Waals surface area contributed by atoms with Gasteiger partial charge in [0.1, 0.15) is 11.5 Å². The molecule has 0 aliphatic carbocycles. The van der Waals surface area contributed by atoms with E-state index in [4.69, 9.17) is 9.15 Å². The summed E-state index contributed by atoms with van der Waals surface area (Å²) in [6, 6.07) is 21.9. The minimum absolute atomic E-state index is 0.137. The number of anilines is 1. The lowest BCUT2D eigenvalue weighted by molar-refractivity contribution is -0.118. The molecular formula is C24H19BrN2O4. The van der Waals surface area contributed by atoms with E-state index in [1.165, 1.54) is 0 Å². The number of furan rings is 1. The van der Waals surface area contributed by atoms with Crippen LogP contribution in [0.2, 0.25) is 0 Å². The number of benzene rings is 3. The summed E-state index contributed by atoms with van der Waals surface area (Å²) in [6.07, 6.45) is 1.56. The SMILES string of the molecule is O=C(COc1ccc2ccccc2c1Br)Nc1ccc(C(=O)NCc2ccco2)cc1. The Labute approximate surface area is 187 Å². The maximum atomic E-state index is 12.3. The quantitative estimate of drug-likeness (QED) is 0.385. The van der Waals surface area contributed by atoms with Crippen LogP contribution in [0.5, 0.6) is 5.75 Å². The van der Waals surface area contributed by atoms with E-state index in [0.717, 1.165) is 15.2 Å². The summed E-state index contributed by atoms with van der Waals surface area (Å²) in [7, 11) is 0. The van der Waals surface area contributed by atoms with Gasteiger partial charge in [-0.3, -0.25) is 9.59 Å². The summed E-state index contributed by atoms with van der Waals surface area (Å²) < 4.78 is 11.7. The first-order chi connectivity index (χ1) is 15.1. The molecule has 0 aliphatic rings. The minimum Gasteiger partial charge on any atom is -0.483 e. The lowest BCUT2D eigenvalue weighted by Crippen LogP contribution is -2.23.